The molecule has 2 rings (SSSR count). The number of aliphatic hydroxyl groups excluding tert-OH is 1. The van der Waals surface area contributed by atoms with E-state index in [9.17, 15) is 4.79 Å². The molecule has 0 heterocycles. The van der Waals surface area contributed by atoms with Crippen molar-refractivity contribution in [1.29, 1.82) is 0 Å². The smallest absolute Gasteiger partial charge is 0.193 e. The molecule has 19 heavy (non-hydrogen) atoms. The van der Waals surface area contributed by atoms with Gasteiger partial charge in [0.15, 0.2) is 5.78 Å². The van der Waals surface area contributed by atoms with E-state index in [1.54, 1.807) is 18.2 Å². The molecular formula is C16H16O3. The number of benzene rings is 2. The maximum Gasteiger partial charge on any atom is 0.193 e. The Morgan fingerprint density at radius 1 is 1.00 bits per heavy atom. The molecule has 0 unspecified atom stereocenters. The van der Waals surface area contributed by atoms with Gasteiger partial charge in [-0.1, -0.05) is 54.6 Å². The Balaban J connectivity index is 2.22. The third-order valence-electron chi connectivity index (χ3n) is 2.79. The molecule has 0 saturated heterocycles. The summed E-state index contributed by atoms with van der Waals surface area (Å²) >= 11 is 0. The van der Waals surface area contributed by atoms with E-state index in [0.29, 0.717) is 17.7 Å². The third kappa shape index (κ3) is 3.50. The minimum atomic E-state index is -0.0190. The molecule has 3 heteroatoms. The fraction of sp³-hybridized carbons (Fsp3) is 0.188. The van der Waals surface area contributed by atoms with Crippen LogP contribution in [0.4, 0.5) is 0 Å². The third-order valence-corrected chi connectivity index (χ3v) is 2.79. The van der Waals surface area contributed by atoms with Gasteiger partial charge in [0.05, 0.1) is 19.8 Å². The van der Waals surface area contributed by atoms with Crippen LogP contribution in [0.2, 0.25) is 0 Å². The number of hydrogen-bond donors (Lipinski definition) is 1. The fourth-order valence-corrected chi connectivity index (χ4v) is 1.86. The van der Waals surface area contributed by atoms with Gasteiger partial charge in [-0.05, 0) is 5.56 Å². The van der Waals surface area contributed by atoms with Crippen LogP contribution in [0, 0.1) is 0 Å². The molecule has 0 saturated carbocycles. The van der Waals surface area contributed by atoms with Crippen molar-refractivity contribution in [3.8, 4) is 0 Å². The highest BCUT2D eigenvalue weighted by molar-refractivity contribution is 6.09. The molecule has 3 nitrogen and oxygen atoms in total. The summed E-state index contributed by atoms with van der Waals surface area (Å²) in [7, 11) is 0. The van der Waals surface area contributed by atoms with Gasteiger partial charge in [-0.25, -0.2) is 0 Å². The number of hydrogen-bond acceptors (Lipinski definition) is 3. The van der Waals surface area contributed by atoms with Crippen LogP contribution in [0.15, 0.2) is 54.6 Å². The summed E-state index contributed by atoms with van der Waals surface area (Å²) in [6.45, 7) is 0.581. The highest BCUT2D eigenvalue weighted by Crippen LogP contribution is 2.15. The van der Waals surface area contributed by atoms with Crippen molar-refractivity contribution in [3.63, 3.8) is 0 Å². The SMILES string of the molecule is O=C(c1ccccc1)c1ccccc1COCCO. The molecule has 0 aliphatic carbocycles. The van der Waals surface area contributed by atoms with Gasteiger partial charge < -0.3 is 9.84 Å². The van der Waals surface area contributed by atoms with Crippen molar-refractivity contribution in [2.45, 2.75) is 6.61 Å². The number of carbonyl (C=O) groups excluding carboxylic acids is 1. The van der Waals surface area contributed by atoms with E-state index in [4.69, 9.17) is 9.84 Å². The first-order valence-corrected chi connectivity index (χ1v) is 6.19. The standard InChI is InChI=1S/C16H16O3/c17-10-11-19-12-14-8-4-5-9-15(14)16(18)13-6-2-1-3-7-13/h1-9,17H,10-12H2. The lowest BCUT2D eigenvalue weighted by Gasteiger charge is -2.09. The number of rotatable bonds is 6. The summed E-state index contributed by atoms with van der Waals surface area (Å²) in [5, 5.41) is 8.71. The van der Waals surface area contributed by atoms with E-state index in [0.717, 1.165) is 5.56 Å². The lowest BCUT2D eigenvalue weighted by molar-refractivity contribution is 0.0805. The zero-order chi connectivity index (χ0) is 13.5. The number of ketones is 1. The average molecular weight is 256 g/mol. The first-order valence-electron chi connectivity index (χ1n) is 6.19. The Hall–Kier alpha value is -1.97. The molecular weight excluding hydrogens is 240 g/mol. The largest absolute Gasteiger partial charge is 0.394 e. The summed E-state index contributed by atoms with van der Waals surface area (Å²) in [5.74, 6) is -0.0104. The number of aliphatic hydroxyl groups is 1. The average Bonchev–Trinajstić information content (AvgIpc) is 2.48. The van der Waals surface area contributed by atoms with Crippen molar-refractivity contribution in [2.75, 3.05) is 13.2 Å². The molecule has 2 aromatic rings. The van der Waals surface area contributed by atoms with Crippen molar-refractivity contribution >= 4 is 5.78 Å². The van der Waals surface area contributed by atoms with E-state index in [-0.39, 0.29) is 19.0 Å². The van der Waals surface area contributed by atoms with E-state index < -0.39 is 0 Å². The van der Waals surface area contributed by atoms with Crippen molar-refractivity contribution < 1.29 is 14.6 Å². The molecule has 2 aromatic carbocycles. The fourth-order valence-electron chi connectivity index (χ4n) is 1.86. The topological polar surface area (TPSA) is 46.5 Å². The second-order valence-electron chi connectivity index (χ2n) is 4.13. The van der Waals surface area contributed by atoms with Gasteiger partial charge in [0.1, 0.15) is 0 Å². The Bertz CT molecular complexity index is 535. The van der Waals surface area contributed by atoms with Gasteiger partial charge in [-0.15, -0.1) is 0 Å². The quantitative estimate of drug-likeness (QED) is 0.638. The van der Waals surface area contributed by atoms with E-state index >= 15 is 0 Å². The van der Waals surface area contributed by atoms with Crippen LogP contribution in [0.3, 0.4) is 0 Å². The molecule has 1 N–H and O–H groups in total. The van der Waals surface area contributed by atoms with Gasteiger partial charge in [0, 0.05) is 11.1 Å². The Morgan fingerprint density at radius 2 is 1.68 bits per heavy atom. The molecule has 0 spiro atoms. The first kappa shape index (κ1) is 13.5. The number of ether oxygens (including phenoxy) is 1. The second-order valence-corrected chi connectivity index (χ2v) is 4.13. The minimum Gasteiger partial charge on any atom is -0.394 e. The number of carbonyl (C=O) groups is 1. The minimum absolute atomic E-state index is 0.0104. The molecule has 98 valence electrons. The lowest BCUT2D eigenvalue weighted by atomic mass is 9.99. The summed E-state index contributed by atoms with van der Waals surface area (Å²) in [5.41, 5.74) is 2.15. The van der Waals surface area contributed by atoms with Crippen molar-refractivity contribution in [1.82, 2.24) is 0 Å². The van der Waals surface area contributed by atoms with Crippen molar-refractivity contribution in [3.05, 3.63) is 71.3 Å². The molecule has 0 aromatic heterocycles. The molecule has 0 radical (unpaired) electrons. The van der Waals surface area contributed by atoms with E-state index in [2.05, 4.69) is 0 Å². The monoisotopic (exact) mass is 256 g/mol. The van der Waals surface area contributed by atoms with E-state index in [1.165, 1.54) is 0 Å². The second kappa shape index (κ2) is 6.83. The molecule has 0 aliphatic rings. The highest BCUT2D eigenvalue weighted by Gasteiger charge is 2.12. The van der Waals surface area contributed by atoms with Crippen LogP contribution in [0.1, 0.15) is 21.5 Å². The van der Waals surface area contributed by atoms with Crippen LogP contribution in [0.5, 0.6) is 0 Å². The Labute approximate surface area is 112 Å². The zero-order valence-electron chi connectivity index (χ0n) is 10.6. The molecule has 0 bridgehead atoms. The highest BCUT2D eigenvalue weighted by atomic mass is 16.5. The molecule has 0 aliphatic heterocycles. The van der Waals surface area contributed by atoms with Crippen LogP contribution in [0.25, 0.3) is 0 Å². The van der Waals surface area contributed by atoms with Gasteiger partial charge >= 0.3 is 0 Å². The molecule has 0 fully saturated rings. The maximum absolute atomic E-state index is 12.4. The van der Waals surface area contributed by atoms with Crippen LogP contribution >= 0.6 is 0 Å². The van der Waals surface area contributed by atoms with Crippen molar-refractivity contribution in [2.24, 2.45) is 0 Å². The zero-order valence-corrected chi connectivity index (χ0v) is 10.6. The van der Waals surface area contributed by atoms with Gasteiger partial charge in [0.25, 0.3) is 0 Å². The molecule has 0 atom stereocenters. The van der Waals surface area contributed by atoms with Crippen LogP contribution < -0.4 is 0 Å². The van der Waals surface area contributed by atoms with Gasteiger partial charge in [0.2, 0.25) is 0 Å². The van der Waals surface area contributed by atoms with E-state index in [1.807, 2.05) is 36.4 Å². The van der Waals surface area contributed by atoms with Gasteiger partial charge in [-0.2, -0.15) is 0 Å². The van der Waals surface area contributed by atoms with Gasteiger partial charge in [-0.3, -0.25) is 4.79 Å². The predicted octanol–water partition coefficient (Wildman–Crippen LogP) is 2.43. The Morgan fingerprint density at radius 3 is 2.42 bits per heavy atom. The maximum atomic E-state index is 12.4. The summed E-state index contributed by atoms with van der Waals surface area (Å²) in [4.78, 5) is 12.4. The predicted molar refractivity (Wildman–Crippen MR) is 73.1 cm³/mol. The summed E-state index contributed by atoms with van der Waals surface area (Å²) < 4.78 is 5.29. The normalized spacial score (nSPS) is 10.4. The van der Waals surface area contributed by atoms with Crippen LogP contribution in [-0.4, -0.2) is 24.1 Å². The lowest BCUT2D eigenvalue weighted by Crippen LogP contribution is -2.07. The Kier molecular flexibility index (Phi) is 4.84. The summed E-state index contributed by atoms with van der Waals surface area (Å²) in [6.07, 6.45) is 0. The molecule has 0 amide bonds. The summed E-state index contributed by atoms with van der Waals surface area (Å²) in [6, 6.07) is 16.6. The van der Waals surface area contributed by atoms with Crippen LogP contribution in [-0.2, 0) is 11.3 Å². The first-order chi connectivity index (χ1) is 9.33.